The van der Waals surface area contributed by atoms with Crippen molar-refractivity contribution in [1.29, 1.82) is 0 Å². The Morgan fingerprint density at radius 3 is 2.74 bits per heavy atom. The number of benzene rings is 1. The smallest absolute Gasteiger partial charge is 0.127 e. The summed E-state index contributed by atoms with van der Waals surface area (Å²) < 4.78 is 14.8. The Hall–Kier alpha value is -0.410. The Bertz CT molecular complexity index is 452. The first-order valence-electron chi connectivity index (χ1n) is 7.38. The van der Waals surface area contributed by atoms with E-state index in [1.807, 2.05) is 12.1 Å². The van der Waals surface area contributed by atoms with Crippen LogP contribution in [0, 0.1) is 23.6 Å². The Morgan fingerprint density at radius 1 is 1.37 bits per heavy atom. The van der Waals surface area contributed by atoms with Gasteiger partial charge in [-0.2, -0.15) is 0 Å². The molecule has 2 saturated carbocycles. The summed E-state index contributed by atoms with van der Waals surface area (Å²) in [5.41, 5.74) is 0.846. The van der Waals surface area contributed by atoms with E-state index in [0.717, 1.165) is 40.8 Å². The summed E-state index contributed by atoms with van der Waals surface area (Å²) in [5.74, 6) is 2.55. The van der Waals surface area contributed by atoms with E-state index in [1.165, 1.54) is 19.3 Å². The third-order valence-corrected chi connectivity index (χ3v) is 5.35. The molecule has 19 heavy (non-hydrogen) atoms. The molecule has 0 heterocycles. The van der Waals surface area contributed by atoms with Crippen molar-refractivity contribution in [2.75, 3.05) is 6.54 Å². The normalized spacial score (nSPS) is 30.2. The number of fused-ring (bicyclic) bond motifs is 1. The van der Waals surface area contributed by atoms with Crippen molar-refractivity contribution in [2.24, 2.45) is 17.8 Å². The van der Waals surface area contributed by atoms with Gasteiger partial charge in [-0.15, -0.1) is 0 Å². The van der Waals surface area contributed by atoms with Gasteiger partial charge in [0.2, 0.25) is 0 Å². The number of nitrogens with one attached hydrogen (secondary N) is 1. The van der Waals surface area contributed by atoms with Gasteiger partial charge >= 0.3 is 0 Å². The van der Waals surface area contributed by atoms with E-state index in [1.54, 1.807) is 6.07 Å². The van der Waals surface area contributed by atoms with Crippen LogP contribution in [0.5, 0.6) is 0 Å². The van der Waals surface area contributed by atoms with Crippen LogP contribution in [-0.4, -0.2) is 12.6 Å². The second-order valence-corrected chi connectivity index (χ2v) is 6.86. The minimum absolute atomic E-state index is 0.0805. The standard InChI is InChI=1S/C16H21BrFN/c1-2-19-15(16-12-4-3-5-13(12)16)8-10-6-7-11(17)9-14(10)18/h6-7,9,12-13,15-16,19H,2-5,8H2,1H3. The molecule has 2 aliphatic rings. The van der Waals surface area contributed by atoms with Gasteiger partial charge in [0, 0.05) is 10.5 Å². The first-order valence-corrected chi connectivity index (χ1v) is 8.17. The van der Waals surface area contributed by atoms with E-state index in [2.05, 4.69) is 28.2 Å². The van der Waals surface area contributed by atoms with Crippen LogP contribution in [0.15, 0.2) is 22.7 Å². The van der Waals surface area contributed by atoms with E-state index < -0.39 is 0 Å². The Kier molecular flexibility index (Phi) is 3.95. The molecule has 0 bridgehead atoms. The first-order chi connectivity index (χ1) is 9.20. The van der Waals surface area contributed by atoms with Gasteiger partial charge in [-0.1, -0.05) is 35.3 Å². The molecule has 2 fully saturated rings. The Balaban J connectivity index is 1.71. The van der Waals surface area contributed by atoms with Crippen LogP contribution >= 0.6 is 15.9 Å². The van der Waals surface area contributed by atoms with Crippen LogP contribution in [0.1, 0.15) is 31.7 Å². The van der Waals surface area contributed by atoms with E-state index >= 15 is 0 Å². The number of rotatable bonds is 5. The summed E-state index contributed by atoms with van der Waals surface area (Å²) in [6.07, 6.45) is 5.00. The second-order valence-electron chi connectivity index (χ2n) is 5.94. The van der Waals surface area contributed by atoms with Crippen molar-refractivity contribution < 1.29 is 4.39 Å². The molecule has 3 unspecified atom stereocenters. The van der Waals surface area contributed by atoms with Gasteiger partial charge in [-0.3, -0.25) is 0 Å². The monoisotopic (exact) mass is 325 g/mol. The predicted molar refractivity (Wildman–Crippen MR) is 79.6 cm³/mol. The van der Waals surface area contributed by atoms with Crippen molar-refractivity contribution in [2.45, 2.75) is 38.6 Å². The minimum atomic E-state index is -0.0805. The first kappa shape index (κ1) is 13.6. The van der Waals surface area contributed by atoms with Crippen LogP contribution < -0.4 is 5.32 Å². The van der Waals surface area contributed by atoms with Gasteiger partial charge in [0.05, 0.1) is 0 Å². The maximum absolute atomic E-state index is 14.0. The summed E-state index contributed by atoms with van der Waals surface area (Å²) in [5, 5.41) is 3.59. The highest BCUT2D eigenvalue weighted by atomic mass is 79.9. The summed E-state index contributed by atoms with van der Waals surface area (Å²) in [7, 11) is 0. The zero-order valence-electron chi connectivity index (χ0n) is 11.3. The highest BCUT2D eigenvalue weighted by molar-refractivity contribution is 9.10. The van der Waals surface area contributed by atoms with E-state index in [4.69, 9.17) is 0 Å². The summed E-state index contributed by atoms with van der Waals surface area (Å²) >= 11 is 3.32. The molecule has 3 heteroatoms. The van der Waals surface area contributed by atoms with Crippen molar-refractivity contribution >= 4 is 15.9 Å². The minimum Gasteiger partial charge on any atom is -0.314 e. The predicted octanol–water partition coefficient (Wildman–Crippen LogP) is 4.15. The quantitative estimate of drug-likeness (QED) is 0.857. The molecule has 0 saturated heterocycles. The van der Waals surface area contributed by atoms with Gasteiger partial charge in [-0.25, -0.2) is 4.39 Å². The summed E-state index contributed by atoms with van der Waals surface area (Å²) in [6, 6.07) is 5.89. The van der Waals surface area contributed by atoms with Crippen LogP contribution in [0.2, 0.25) is 0 Å². The zero-order valence-corrected chi connectivity index (χ0v) is 12.9. The van der Waals surface area contributed by atoms with E-state index in [-0.39, 0.29) is 5.82 Å². The number of halogens is 2. The van der Waals surface area contributed by atoms with Crippen LogP contribution in [0.25, 0.3) is 0 Å². The van der Waals surface area contributed by atoms with Crippen LogP contribution in [0.4, 0.5) is 4.39 Å². The van der Waals surface area contributed by atoms with Crippen LogP contribution in [-0.2, 0) is 6.42 Å². The molecule has 1 nitrogen and oxygen atoms in total. The lowest BCUT2D eigenvalue weighted by Gasteiger charge is -2.20. The number of hydrogen-bond donors (Lipinski definition) is 1. The van der Waals surface area contributed by atoms with Gasteiger partial charge in [0.15, 0.2) is 0 Å². The molecular weight excluding hydrogens is 305 g/mol. The number of hydrogen-bond acceptors (Lipinski definition) is 1. The molecule has 3 rings (SSSR count). The Labute approximate surface area is 123 Å². The lowest BCUT2D eigenvalue weighted by atomic mass is 9.97. The molecule has 0 aliphatic heterocycles. The van der Waals surface area contributed by atoms with Gasteiger partial charge < -0.3 is 5.32 Å². The third-order valence-electron chi connectivity index (χ3n) is 4.86. The van der Waals surface area contributed by atoms with Gasteiger partial charge in [0.25, 0.3) is 0 Å². The SMILES string of the molecule is CCNC(Cc1ccc(Br)cc1F)C1C2CCCC21. The molecule has 0 spiro atoms. The molecule has 0 amide bonds. The lowest BCUT2D eigenvalue weighted by molar-refractivity contribution is 0.406. The molecule has 1 aromatic carbocycles. The van der Waals surface area contributed by atoms with Crippen molar-refractivity contribution in [3.63, 3.8) is 0 Å². The third kappa shape index (κ3) is 2.73. The second kappa shape index (κ2) is 5.53. The highest BCUT2D eigenvalue weighted by Crippen LogP contribution is 2.59. The largest absolute Gasteiger partial charge is 0.314 e. The van der Waals surface area contributed by atoms with Crippen LogP contribution in [0.3, 0.4) is 0 Å². The molecule has 1 aromatic rings. The fraction of sp³-hybridized carbons (Fsp3) is 0.625. The topological polar surface area (TPSA) is 12.0 Å². The van der Waals surface area contributed by atoms with Crippen molar-refractivity contribution in [1.82, 2.24) is 5.32 Å². The number of likely N-dealkylation sites (N-methyl/N-ethyl adjacent to an activating group) is 1. The summed E-state index contributed by atoms with van der Waals surface area (Å²) in [6.45, 7) is 3.11. The molecule has 0 aromatic heterocycles. The fourth-order valence-corrected chi connectivity index (χ4v) is 4.34. The highest BCUT2D eigenvalue weighted by Gasteiger charge is 2.55. The molecule has 2 aliphatic carbocycles. The molecule has 0 radical (unpaired) electrons. The molecular formula is C16H21BrFN. The van der Waals surface area contributed by atoms with E-state index in [9.17, 15) is 4.39 Å². The van der Waals surface area contributed by atoms with E-state index in [0.29, 0.717) is 6.04 Å². The summed E-state index contributed by atoms with van der Waals surface area (Å²) in [4.78, 5) is 0. The lowest BCUT2D eigenvalue weighted by Crippen LogP contribution is -2.34. The fourth-order valence-electron chi connectivity index (χ4n) is 4.00. The van der Waals surface area contributed by atoms with Crippen molar-refractivity contribution in [3.05, 3.63) is 34.1 Å². The van der Waals surface area contributed by atoms with Gasteiger partial charge in [0.1, 0.15) is 5.82 Å². The molecule has 3 atom stereocenters. The molecule has 1 N–H and O–H groups in total. The molecule has 104 valence electrons. The average molecular weight is 326 g/mol. The van der Waals surface area contributed by atoms with Crippen molar-refractivity contribution in [3.8, 4) is 0 Å². The maximum Gasteiger partial charge on any atom is 0.127 e. The average Bonchev–Trinajstić information content (AvgIpc) is 2.85. The van der Waals surface area contributed by atoms with Gasteiger partial charge in [-0.05, 0) is 61.3 Å². The zero-order chi connectivity index (χ0) is 13.4. The maximum atomic E-state index is 14.0. The Morgan fingerprint density at radius 2 is 2.11 bits per heavy atom.